The average Bonchev–Trinajstić information content (AvgIpc) is 3.27. The van der Waals surface area contributed by atoms with Crippen LogP contribution < -0.4 is 21.9 Å². The van der Waals surface area contributed by atoms with E-state index in [0.29, 0.717) is 12.5 Å². The lowest BCUT2D eigenvalue weighted by Gasteiger charge is -2.28. The van der Waals surface area contributed by atoms with Gasteiger partial charge < -0.3 is 21.1 Å². The molecule has 0 amide bonds. The number of nitrogen functional groups attached to an aromatic ring is 2. The zero-order valence-electron chi connectivity index (χ0n) is 19.3. The van der Waals surface area contributed by atoms with Crippen molar-refractivity contribution in [2.45, 2.75) is 18.6 Å². The standard InChI is InChI=1S/C24H19ClF2N8O2/c1-37-14-8-18(34(10-14)21-15(9-28)20(29)32-24(30)33-21)22-31-17-4-2-3-16(25)19(17)23(36)35(22)13-6-11(26)5-12(27)7-13/h2-7,14,18H,8,10H2,1H3,(H4,29,30,32,33)/t14-,18-/m0/s1. The van der Waals surface area contributed by atoms with E-state index >= 15 is 0 Å². The van der Waals surface area contributed by atoms with Gasteiger partial charge in [-0.1, -0.05) is 17.7 Å². The number of benzene rings is 2. The minimum absolute atomic E-state index is 0.0227. The molecule has 1 aliphatic rings. The molecule has 0 saturated carbocycles. The van der Waals surface area contributed by atoms with Crippen LogP contribution in [0.4, 0.5) is 26.4 Å². The van der Waals surface area contributed by atoms with Gasteiger partial charge in [-0.15, -0.1) is 0 Å². The maximum absolute atomic E-state index is 14.3. The molecule has 0 bridgehead atoms. The van der Waals surface area contributed by atoms with Crippen molar-refractivity contribution < 1.29 is 13.5 Å². The van der Waals surface area contributed by atoms with E-state index in [1.165, 1.54) is 13.2 Å². The summed E-state index contributed by atoms with van der Waals surface area (Å²) >= 11 is 6.33. The summed E-state index contributed by atoms with van der Waals surface area (Å²) in [5, 5.41) is 9.98. The molecule has 3 heterocycles. The van der Waals surface area contributed by atoms with Crippen molar-refractivity contribution in [2.24, 2.45) is 0 Å². The quantitative estimate of drug-likeness (QED) is 0.410. The van der Waals surface area contributed by atoms with Crippen molar-refractivity contribution in [3.05, 3.63) is 74.8 Å². The Bertz CT molecular complexity index is 1630. The predicted molar refractivity (Wildman–Crippen MR) is 133 cm³/mol. The Hall–Kier alpha value is -4.34. The SMILES string of the molecule is CO[C@H]1C[C@@H](c2nc3cccc(Cl)c3c(=O)n2-c2cc(F)cc(F)c2)N(c2nc(N)nc(N)c2C#N)C1. The molecule has 0 radical (unpaired) electrons. The summed E-state index contributed by atoms with van der Waals surface area (Å²) in [6, 6.07) is 8.76. The molecule has 188 valence electrons. The molecule has 2 aromatic heterocycles. The Morgan fingerprint density at radius 2 is 1.89 bits per heavy atom. The van der Waals surface area contributed by atoms with Gasteiger partial charge in [0.1, 0.15) is 34.9 Å². The zero-order valence-corrected chi connectivity index (χ0v) is 20.1. The van der Waals surface area contributed by atoms with Crippen molar-refractivity contribution in [2.75, 3.05) is 30.0 Å². The van der Waals surface area contributed by atoms with Crippen LogP contribution in [0.5, 0.6) is 0 Å². The minimum atomic E-state index is -0.881. The summed E-state index contributed by atoms with van der Waals surface area (Å²) in [6.07, 6.45) is -0.0831. The Labute approximate surface area is 213 Å². The minimum Gasteiger partial charge on any atom is -0.382 e. The molecule has 10 nitrogen and oxygen atoms in total. The third-order valence-corrected chi connectivity index (χ3v) is 6.51. The van der Waals surface area contributed by atoms with Gasteiger partial charge in [0.15, 0.2) is 5.82 Å². The number of fused-ring (bicyclic) bond motifs is 1. The highest BCUT2D eigenvalue weighted by molar-refractivity contribution is 6.35. The second-order valence-electron chi connectivity index (χ2n) is 8.41. The van der Waals surface area contributed by atoms with Gasteiger partial charge in [0, 0.05) is 26.1 Å². The van der Waals surface area contributed by atoms with E-state index in [-0.39, 0.29) is 63.2 Å². The zero-order chi connectivity index (χ0) is 26.4. The Kier molecular flexibility index (Phi) is 6.10. The number of anilines is 3. The molecule has 13 heteroatoms. The highest BCUT2D eigenvalue weighted by Gasteiger charge is 2.39. The highest BCUT2D eigenvalue weighted by Crippen LogP contribution is 2.39. The van der Waals surface area contributed by atoms with E-state index in [4.69, 9.17) is 32.8 Å². The third kappa shape index (κ3) is 4.18. The van der Waals surface area contributed by atoms with Crippen molar-refractivity contribution in [3.63, 3.8) is 0 Å². The van der Waals surface area contributed by atoms with Crippen LogP contribution >= 0.6 is 11.6 Å². The highest BCUT2D eigenvalue weighted by atomic mass is 35.5. The Morgan fingerprint density at radius 3 is 2.57 bits per heavy atom. The fraction of sp³-hybridized carbons (Fsp3) is 0.208. The maximum Gasteiger partial charge on any atom is 0.267 e. The molecule has 5 rings (SSSR count). The maximum atomic E-state index is 14.3. The number of aromatic nitrogens is 4. The van der Waals surface area contributed by atoms with Crippen LogP contribution in [0.3, 0.4) is 0 Å². The van der Waals surface area contributed by atoms with Crippen molar-refractivity contribution in [3.8, 4) is 11.8 Å². The molecule has 4 N–H and O–H groups in total. The van der Waals surface area contributed by atoms with E-state index < -0.39 is 23.2 Å². The molecule has 1 saturated heterocycles. The lowest BCUT2D eigenvalue weighted by Crippen LogP contribution is -2.33. The van der Waals surface area contributed by atoms with Gasteiger partial charge in [0.05, 0.1) is 33.8 Å². The number of rotatable bonds is 4. The number of halogens is 3. The molecule has 1 aliphatic heterocycles. The number of hydrogen-bond donors (Lipinski definition) is 2. The molecule has 0 unspecified atom stereocenters. The first kappa shape index (κ1) is 24.4. The molecule has 2 aromatic carbocycles. The predicted octanol–water partition coefficient (Wildman–Crippen LogP) is 3.11. The van der Waals surface area contributed by atoms with E-state index in [0.717, 1.165) is 16.7 Å². The smallest absolute Gasteiger partial charge is 0.267 e. The average molecular weight is 525 g/mol. The summed E-state index contributed by atoms with van der Waals surface area (Å²) < 4.78 is 35.3. The van der Waals surface area contributed by atoms with Gasteiger partial charge in [-0.3, -0.25) is 9.36 Å². The van der Waals surface area contributed by atoms with Crippen molar-refractivity contribution >= 4 is 40.1 Å². The van der Waals surface area contributed by atoms with Crippen LogP contribution in [-0.2, 0) is 4.74 Å². The molecular formula is C24H19ClF2N8O2. The first-order valence-electron chi connectivity index (χ1n) is 11.0. The van der Waals surface area contributed by atoms with E-state index in [1.54, 1.807) is 17.0 Å². The summed E-state index contributed by atoms with van der Waals surface area (Å²) in [6.45, 7) is 0.229. The van der Waals surface area contributed by atoms with Crippen molar-refractivity contribution in [1.82, 2.24) is 19.5 Å². The first-order valence-corrected chi connectivity index (χ1v) is 11.4. The Morgan fingerprint density at radius 1 is 1.16 bits per heavy atom. The van der Waals surface area contributed by atoms with Crippen LogP contribution in [0.15, 0.2) is 41.2 Å². The van der Waals surface area contributed by atoms with Crippen LogP contribution in [0.1, 0.15) is 23.9 Å². The van der Waals surface area contributed by atoms with E-state index in [1.807, 2.05) is 6.07 Å². The van der Waals surface area contributed by atoms with Gasteiger partial charge in [-0.25, -0.2) is 13.8 Å². The normalized spacial score (nSPS) is 17.3. The molecule has 0 spiro atoms. The molecule has 4 aromatic rings. The van der Waals surface area contributed by atoms with Crippen LogP contribution in [0, 0.1) is 23.0 Å². The lowest BCUT2D eigenvalue weighted by atomic mass is 10.1. The molecule has 0 aliphatic carbocycles. The van der Waals surface area contributed by atoms with Crippen LogP contribution in [0.2, 0.25) is 5.02 Å². The summed E-state index contributed by atoms with van der Waals surface area (Å²) in [4.78, 5) is 28.3. The van der Waals surface area contributed by atoms with Crippen molar-refractivity contribution in [1.29, 1.82) is 5.26 Å². The van der Waals surface area contributed by atoms with Gasteiger partial charge >= 0.3 is 0 Å². The first-order chi connectivity index (χ1) is 17.7. The second kappa shape index (κ2) is 9.27. The van der Waals surface area contributed by atoms with E-state index in [2.05, 4.69) is 9.97 Å². The number of nitriles is 1. The summed E-state index contributed by atoms with van der Waals surface area (Å²) in [5.74, 6) is -1.79. The molecular weight excluding hydrogens is 506 g/mol. The number of ether oxygens (including phenoxy) is 1. The number of nitrogens with two attached hydrogens (primary N) is 2. The molecule has 2 atom stereocenters. The van der Waals surface area contributed by atoms with Crippen LogP contribution in [0.25, 0.3) is 16.6 Å². The van der Waals surface area contributed by atoms with Gasteiger partial charge in [0.2, 0.25) is 5.95 Å². The summed E-state index contributed by atoms with van der Waals surface area (Å²) in [5.41, 5.74) is 11.3. The second-order valence-corrected chi connectivity index (χ2v) is 8.82. The largest absolute Gasteiger partial charge is 0.382 e. The summed E-state index contributed by atoms with van der Waals surface area (Å²) in [7, 11) is 1.52. The van der Waals surface area contributed by atoms with Gasteiger partial charge in [-0.2, -0.15) is 15.2 Å². The van der Waals surface area contributed by atoms with Crippen LogP contribution in [-0.4, -0.2) is 39.3 Å². The number of nitrogens with zero attached hydrogens (tertiary/aromatic N) is 6. The number of hydrogen-bond acceptors (Lipinski definition) is 9. The van der Waals surface area contributed by atoms with Gasteiger partial charge in [0.25, 0.3) is 5.56 Å². The van der Waals surface area contributed by atoms with E-state index in [9.17, 15) is 18.8 Å². The lowest BCUT2D eigenvalue weighted by molar-refractivity contribution is 0.118. The number of methoxy groups -OCH3 is 1. The third-order valence-electron chi connectivity index (χ3n) is 6.19. The fourth-order valence-corrected chi connectivity index (χ4v) is 4.84. The topological polar surface area (TPSA) is 149 Å². The monoisotopic (exact) mass is 524 g/mol. The molecule has 37 heavy (non-hydrogen) atoms. The van der Waals surface area contributed by atoms with Gasteiger partial charge in [-0.05, 0) is 24.3 Å². The fourth-order valence-electron chi connectivity index (χ4n) is 4.59. The Balaban J connectivity index is 1.83. The molecule has 1 fully saturated rings.